The zero-order valence-electron chi connectivity index (χ0n) is 10.8. The average molecular weight is 297 g/mol. The summed E-state index contributed by atoms with van der Waals surface area (Å²) in [6.07, 6.45) is 1.95. The highest BCUT2D eigenvalue weighted by Gasteiger charge is 2.29. The van der Waals surface area contributed by atoms with E-state index in [2.05, 4.69) is 9.97 Å². The number of rotatable bonds is 2. The second-order valence-corrected chi connectivity index (χ2v) is 7.54. The van der Waals surface area contributed by atoms with Gasteiger partial charge in [-0.25, -0.2) is 13.4 Å². The third-order valence-corrected chi connectivity index (χ3v) is 5.18. The van der Waals surface area contributed by atoms with Crippen molar-refractivity contribution < 1.29 is 13.2 Å². The third-order valence-electron chi connectivity index (χ3n) is 3.57. The maximum Gasteiger partial charge on any atom is 0.272 e. The molecule has 8 heteroatoms. The van der Waals surface area contributed by atoms with E-state index in [1.807, 2.05) is 0 Å². The second kappa shape index (κ2) is 4.69. The van der Waals surface area contributed by atoms with Crippen LogP contribution in [-0.2, 0) is 9.84 Å². The molecular formula is C12H15N3O4S. The fourth-order valence-corrected chi connectivity index (χ4v) is 3.41. The summed E-state index contributed by atoms with van der Waals surface area (Å²) in [4.78, 5) is 32.1. The van der Waals surface area contributed by atoms with Crippen molar-refractivity contribution in [2.24, 2.45) is 0 Å². The number of H-pyrrole nitrogens is 1. The Morgan fingerprint density at radius 1 is 1.30 bits per heavy atom. The fraction of sp³-hybridized carbons (Fsp3) is 0.583. The zero-order valence-corrected chi connectivity index (χ0v) is 11.6. The maximum absolute atomic E-state index is 12.3. The number of hydrogen-bond donors (Lipinski definition) is 1. The number of nitrogens with zero attached hydrogens (tertiary/aromatic N) is 2. The van der Waals surface area contributed by atoms with Gasteiger partial charge in [-0.05, 0) is 12.8 Å². The minimum Gasteiger partial charge on any atom is -0.335 e. The number of carbonyl (C=O) groups is 1. The first-order chi connectivity index (χ1) is 9.44. The number of nitrogens with one attached hydrogen (secondary N) is 1. The predicted octanol–water partition coefficient (Wildman–Crippen LogP) is -0.482. The van der Waals surface area contributed by atoms with E-state index in [-0.39, 0.29) is 47.7 Å². The van der Waals surface area contributed by atoms with Crippen molar-refractivity contribution in [2.45, 2.75) is 18.8 Å². The van der Waals surface area contributed by atoms with Gasteiger partial charge in [-0.15, -0.1) is 0 Å². The minimum absolute atomic E-state index is 0.0303. The highest BCUT2D eigenvalue weighted by Crippen LogP contribution is 2.37. The summed E-state index contributed by atoms with van der Waals surface area (Å²) in [5, 5.41) is 0. The summed E-state index contributed by atoms with van der Waals surface area (Å²) < 4.78 is 22.7. The van der Waals surface area contributed by atoms with Crippen LogP contribution in [0, 0.1) is 0 Å². The van der Waals surface area contributed by atoms with E-state index < -0.39 is 9.84 Å². The number of sulfone groups is 1. The van der Waals surface area contributed by atoms with Gasteiger partial charge < -0.3 is 9.88 Å². The Balaban J connectivity index is 1.82. The molecule has 1 aliphatic carbocycles. The van der Waals surface area contributed by atoms with Crippen molar-refractivity contribution in [1.29, 1.82) is 0 Å². The molecule has 2 fully saturated rings. The molecule has 0 atom stereocenters. The van der Waals surface area contributed by atoms with Crippen molar-refractivity contribution in [2.75, 3.05) is 24.6 Å². The van der Waals surface area contributed by atoms with Crippen LogP contribution in [0.5, 0.6) is 0 Å². The smallest absolute Gasteiger partial charge is 0.272 e. The Bertz CT molecular complexity index is 692. The van der Waals surface area contributed by atoms with Crippen LogP contribution in [0.2, 0.25) is 0 Å². The number of aromatic amines is 1. The molecule has 1 saturated carbocycles. The fourth-order valence-electron chi connectivity index (χ4n) is 2.21. The van der Waals surface area contributed by atoms with Crippen LogP contribution in [0.15, 0.2) is 10.9 Å². The van der Waals surface area contributed by atoms with E-state index >= 15 is 0 Å². The van der Waals surface area contributed by atoms with Crippen LogP contribution >= 0.6 is 0 Å². The molecule has 0 aromatic carbocycles. The molecule has 0 bridgehead atoms. The van der Waals surface area contributed by atoms with E-state index in [4.69, 9.17) is 0 Å². The number of hydrogen-bond acceptors (Lipinski definition) is 5. The molecule has 0 spiro atoms. The largest absolute Gasteiger partial charge is 0.335 e. The summed E-state index contributed by atoms with van der Waals surface area (Å²) in [6.45, 7) is 0.322. The lowest BCUT2D eigenvalue weighted by Crippen LogP contribution is -2.44. The van der Waals surface area contributed by atoms with Gasteiger partial charge in [0.05, 0.1) is 11.5 Å². The Labute approximate surface area is 115 Å². The van der Waals surface area contributed by atoms with Gasteiger partial charge in [0, 0.05) is 25.1 Å². The monoisotopic (exact) mass is 297 g/mol. The van der Waals surface area contributed by atoms with Crippen molar-refractivity contribution in [3.05, 3.63) is 27.9 Å². The molecular weight excluding hydrogens is 282 g/mol. The molecule has 1 aromatic rings. The van der Waals surface area contributed by atoms with Crippen LogP contribution < -0.4 is 5.56 Å². The van der Waals surface area contributed by atoms with Gasteiger partial charge in [0.25, 0.3) is 11.5 Å². The van der Waals surface area contributed by atoms with E-state index in [0.717, 1.165) is 12.8 Å². The first-order valence-electron chi connectivity index (χ1n) is 6.55. The van der Waals surface area contributed by atoms with Crippen LogP contribution in [0.25, 0.3) is 0 Å². The van der Waals surface area contributed by atoms with Gasteiger partial charge >= 0.3 is 0 Å². The van der Waals surface area contributed by atoms with Crippen LogP contribution in [0.3, 0.4) is 0 Å². The molecule has 108 valence electrons. The quantitative estimate of drug-likeness (QED) is 0.794. The summed E-state index contributed by atoms with van der Waals surface area (Å²) >= 11 is 0. The predicted molar refractivity (Wildman–Crippen MR) is 71.4 cm³/mol. The Morgan fingerprint density at radius 3 is 2.55 bits per heavy atom. The van der Waals surface area contributed by atoms with Crippen LogP contribution in [-0.4, -0.2) is 53.8 Å². The summed E-state index contributed by atoms with van der Waals surface area (Å²) in [5.74, 6) is 0.380. The SMILES string of the molecule is O=C(c1cc(=O)[nH]c(C2CC2)n1)N1CCS(=O)(=O)CC1. The lowest BCUT2D eigenvalue weighted by Gasteiger charge is -2.26. The van der Waals surface area contributed by atoms with E-state index in [1.54, 1.807) is 0 Å². The topological polar surface area (TPSA) is 100 Å². The zero-order chi connectivity index (χ0) is 14.3. The minimum atomic E-state index is -3.03. The molecule has 1 amide bonds. The first kappa shape index (κ1) is 13.3. The van der Waals surface area contributed by atoms with E-state index in [1.165, 1.54) is 11.0 Å². The van der Waals surface area contributed by atoms with Gasteiger partial charge in [-0.3, -0.25) is 9.59 Å². The lowest BCUT2D eigenvalue weighted by atomic mass is 10.3. The average Bonchev–Trinajstić information content (AvgIpc) is 3.21. The van der Waals surface area contributed by atoms with E-state index in [9.17, 15) is 18.0 Å². The Morgan fingerprint density at radius 2 is 1.95 bits per heavy atom. The van der Waals surface area contributed by atoms with Crippen molar-refractivity contribution in [1.82, 2.24) is 14.9 Å². The van der Waals surface area contributed by atoms with Crippen molar-refractivity contribution in [3.8, 4) is 0 Å². The molecule has 20 heavy (non-hydrogen) atoms. The number of aromatic nitrogens is 2. The number of carbonyl (C=O) groups excluding carboxylic acids is 1. The molecule has 3 rings (SSSR count). The Kier molecular flexibility index (Phi) is 3.12. The van der Waals surface area contributed by atoms with Gasteiger partial charge in [0.1, 0.15) is 11.5 Å². The summed E-state index contributed by atoms with van der Waals surface area (Å²) in [5.41, 5.74) is -0.232. The highest BCUT2D eigenvalue weighted by molar-refractivity contribution is 7.91. The van der Waals surface area contributed by atoms with Gasteiger partial charge in [-0.2, -0.15) is 0 Å². The highest BCUT2D eigenvalue weighted by atomic mass is 32.2. The van der Waals surface area contributed by atoms with Crippen molar-refractivity contribution in [3.63, 3.8) is 0 Å². The van der Waals surface area contributed by atoms with Gasteiger partial charge in [0.2, 0.25) is 0 Å². The molecule has 1 saturated heterocycles. The summed E-state index contributed by atoms with van der Waals surface area (Å²) in [7, 11) is -3.03. The second-order valence-electron chi connectivity index (χ2n) is 5.23. The molecule has 1 N–H and O–H groups in total. The lowest BCUT2D eigenvalue weighted by molar-refractivity contribution is 0.0763. The molecule has 2 aliphatic rings. The molecule has 1 aromatic heterocycles. The standard InChI is InChI=1S/C12H15N3O4S/c16-10-7-9(13-11(14-10)8-1-2-8)12(17)15-3-5-20(18,19)6-4-15/h7-8H,1-6H2,(H,13,14,16). The van der Waals surface area contributed by atoms with Crippen molar-refractivity contribution >= 4 is 15.7 Å². The van der Waals surface area contributed by atoms with Crippen LogP contribution in [0.1, 0.15) is 35.1 Å². The van der Waals surface area contributed by atoms with Gasteiger partial charge in [-0.1, -0.05) is 0 Å². The maximum atomic E-state index is 12.3. The molecule has 0 unspecified atom stereocenters. The molecule has 0 radical (unpaired) electrons. The number of amides is 1. The molecule has 7 nitrogen and oxygen atoms in total. The van der Waals surface area contributed by atoms with E-state index in [0.29, 0.717) is 5.82 Å². The Hall–Kier alpha value is -1.70. The third kappa shape index (κ3) is 2.74. The molecule has 1 aliphatic heterocycles. The van der Waals surface area contributed by atoms with Gasteiger partial charge in [0.15, 0.2) is 9.84 Å². The summed E-state index contributed by atoms with van der Waals surface area (Å²) in [6, 6.07) is 1.18. The first-order valence-corrected chi connectivity index (χ1v) is 8.38. The van der Waals surface area contributed by atoms with Crippen LogP contribution in [0.4, 0.5) is 0 Å². The normalized spacial score (nSPS) is 21.7. The molecule has 2 heterocycles.